The van der Waals surface area contributed by atoms with Gasteiger partial charge in [0.15, 0.2) is 0 Å². The molecule has 0 atom stereocenters. The van der Waals surface area contributed by atoms with Crippen LogP contribution in [0.3, 0.4) is 0 Å². The molecule has 0 radical (unpaired) electrons. The van der Waals surface area contributed by atoms with Crippen molar-refractivity contribution in [2.75, 3.05) is 19.7 Å². The van der Waals surface area contributed by atoms with Gasteiger partial charge in [0.1, 0.15) is 5.75 Å². The fourth-order valence-corrected chi connectivity index (χ4v) is 3.11. The first-order valence-corrected chi connectivity index (χ1v) is 8.85. The molecule has 0 saturated heterocycles. The van der Waals surface area contributed by atoms with Gasteiger partial charge in [0.05, 0.1) is 19.6 Å². The van der Waals surface area contributed by atoms with Gasteiger partial charge in [-0.05, 0) is 50.4 Å². The summed E-state index contributed by atoms with van der Waals surface area (Å²) in [5, 5.41) is 11.9. The first kappa shape index (κ1) is 19.2. The molecule has 25 heavy (non-hydrogen) atoms. The molecule has 138 valence electrons. The summed E-state index contributed by atoms with van der Waals surface area (Å²) in [4.78, 5) is 24.8. The lowest BCUT2D eigenvalue weighted by atomic mass is 9.85. The van der Waals surface area contributed by atoms with E-state index in [1.54, 1.807) is 0 Å². The Morgan fingerprint density at radius 1 is 1.32 bits per heavy atom. The van der Waals surface area contributed by atoms with E-state index >= 15 is 0 Å². The fraction of sp³-hybridized carbons (Fsp3) is 0.579. The van der Waals surface area contributed by atoms with Crippen LogP contribution in [-0.4, -0.2) is 53.7 Å². The second kappa shape index (κ2) is 8.85. The number of likely N-dealkylation sites (N-methyl/N-ethyl adjacent to an activating group) is 1. The smallest absolute Gasteiger partial charge is 0.317 e. The van der Waals surface area contributed by atoms with Gasteiger partial charge in [0.2, 0.25) is 5.91 Å². The minimum Gasteiger partial charge on any atom is -0.493 e. The van der Waals surface area contributed by atoms with Crippen LogP contribution in [0, 0.1) is 13.8 Å². The van der Waals surface area contributed by atoms with E-state index in [1.807, 2.05) is 43.9 Å². The van der Waals surface area contributed by atoms with Gasteiger partial charge in [0, 0.05) is 12.1 Å². The van der Waals surface area contributed by atoms with Gasteiger partial charge in [-0.15, -0.1) is 0 Å². The van der Waals surface area contributed by atoms with E-state index in [9.17, 15) is 9.59 Å². The summed E-state index contributed by atoms with van der Waals surface area (Å²) < 4.78 is 5.71. The third kappa shape index (κ3) is 5.46. The Morgan fingerprint density at radius 2 is 2.04 bits per heavy atom. The molecule has 1 aliphatic rings. The van der Waals surface area contributed by atoms with Crippen molar-refractivity contribution >= 4 is 11.9 Å². The zero-order chi connectivity index (χ0) is 18.4. The predicted molar refractivity (Wildman–Crippen MR) is 95.9 cm³/mol. The molecule has 1 amide bonds. The molecule has 1 aromatic rings. The number of aryl methyl sites for hydroxylation is 1. The number of hydrogen-bond acceptors (Lipinski definition) is 4. The zero-order valence-corrected chi connectivity index (χ0v) is 15.2. The number of rotatable bonds is 9. The Labute approximate surface area is 149 Å². The monoisotopic (exact) mass is 348 g/mol. The van der Waals surface area contributed by atoms with E-state index in [-0.39, 0.29) is 24.5 Å². The SMILES string of the molecule is CCN(CC(=O)O)C1CC(NC(=O)CCOc2cccc(C)c2C)C1. The van der Waals surface area contributed by atoms with E-state index in [2.05, 4.69) is 5.32 Å². The highest BCUT2D eigenvalue weighted by atomic mass is 16.5. The molecule has 0 unspecified atom stereocenters. The lowest BCUT2D eigenvalue weighted by Crippen LogP contribution is -2.54. The van der Waals surface area contributed by atoms with Crippen LogP contribution < -0.4 is 10.1 Å². The van der Waals surface area contributed by atoms with Crippen molar-refractivity contribution in [1.29, 1.82) is 0 Å². The molecule has 0 bridgehead atoms. The van der Waals surface area contributed by atoms with E-state index < -0.39 is 5.97 Å². The van der Waals surface area contributed by atoms with Gasteiger partial charge in [-0.2, -0.15) is 0 Å². The van der Waals surface area contributed by atoms with Crippen LogP contribution in [0.15, 0.2) is 18.2 Å². The van der Waals surface area contributed by atoms with Crippen molar-refractivity contribution in [2.24, 2.45) is 0 Å². The first-order chi connectivity index (χ1) is 11.9. The van der Waals surface area contributed by atoms with E-state index in [0.717, 1.165) is 24.2 Å². The number of hydrogen-bond donors (Lipinski definition) is 2. The lowest BCUT2D eigenvalue weighted by molar-refractivity contribution is -0.139. The summed E-state index contributed by atoms with van der Waals surface area (Å²) in [6.07, 6.45) is 1.94. The maximum atomic E-state index is 12.0. The van der Waals surface area contributed by atoms with Crippen LogP contribution in [0.4, 0.5) is 0 Å². The van der Waals surface area contributed by atoms with Gasteiger partial charge >= 0.3 is 5.97 Å². The molecule has 6 heteroatoms. The Kier molecular flexibility index (Phi) is 6.82. The Bertz CT molecular complexity index is 611. The molecule has 2 rings (SSSR count). The molecular formula is C19H28N2O4. The summed E-state index contributed by atoms with van der Waals surface area (Å²) in [6, 6.07) is 6.28. The van der Waals surface area contributed by atoms with Crippen LogP contribution in [0.2, 0.25) is 0 Å². The minimum absolute atomic E-state index is 0.0185. The average Bonchev–Trinajstić information content (AvgIpc) is 2.52. The topological polar surface area (TPSA) is 78.9 Å². The average molecular weight is 348 g/mol. The normalized spacial score (nSPS) is 19.4. The number of carboxylic acids is 1. The van der Waals surface area contributed by atoms with E-state index in [1.165, 1.54) is 5.56 Å². The van der Waals surface area contributed by atoms with Crippen molar-refractivity contribution in [3.63, 3.8) is 0 Å². The number of carbonyl (C=O) groups excluding carboxylic acids is 1. The van der Waals surface area contributed by atoms with Crippen molar-refractivity contribution in [3.05, 3.63) is 29.3 Å². The molecule has 0 aliphatic heterocycles. The summed E-state index contributed by atoms with van der Waals surface area (Å²) in [7, 11) is 0. The van der Waals surface area contributed by atoms with Crippen molar-refractivity contribution in [3.8, 4) is 5.75 Å². The highest BCUT2D eigenvalue weighted by Gasteiger charge is 2.34. The van der Waals surface area contributed by atoms with Crippen LogP contribution >= 0.6 is 0 Å². The van der Waals surface area contributed by atoms with Gasteiger partial charge in [0.25, 0.3) is 0 Å². The Hall–Kier alpha value is -2.08. The van der Waals surface area contributed by atoms with E-state index in [4.69, 9.17) is 9.84 Å². The first-order valence-electron chi connectivity index (χ1n) is 8.85. The zero-order valence-electron chi connectivity index (χ0n) is 15.2. The highest BCUT2D eigenvalue weighted by Crippen LogP contribution is 2.25. The van der Waals surface area contributed by atoms with Crippen LogP contribution in [0.25, 0.3) is 0 Å². The lowest BCUT2D eigenvalue weighted by Gasteiger charge is -2.42. The molecule has 0 heterocycles. The van der Waals surface area contributed by atoms with Gasteiger partial charge in [-0.25, -0.2) is 0 Å². The van der Waals surface area contributed by atoms with Gasteiger partial charge < -0.3 is 15.2 Å². The predicted octanol–water partition coefficient (Wildman–Crippen LogP) is 2.13. The second-order valence-corrected chi connectivity index (χ2v) is 6.64. The molecule has 1 saturated carbocycles. The number of aliphatic carboxylic acids is 1. The Balaban J connectivity index is 1.67. The maximum absolute atomic E-state index is 12.0. The van der Waals surface area contributed by atoms with E-state index in [0.29, 0.717) is 19.6 Å². The molecule has 6 nitrogen and oxygen atoms in total. The number of carboxylic acid groups (broad SMARTS) is 1. The van der Waals surface area contributed by atoms with Crippen molar-refractivity contribution in [1.82, 2.24) is 10.2 Å². The Morgan fingerprint density at radius 3 is 2.68 bits per heavy atom. The number of nitrogens with one attached hydrogen (secondary N) is 1. The molecule has 1 aliphatic carbocycles. The minimum atomic E-state index is -0.807. The fourth-order valence-electron chi connectivity index (χ4n) is 3.11. The van der Waals surface area contributed by atoms with Crippen LogP contribution in [0.1, 0.15) is 37.3 Å². The summed E-state index contributed by atoms with van der Waals surface area (Å²) in [5.74, 6) is -0.00303. The number of nitrogens with zero attached hydrogens (tertiary/aromatic N) is 1. The maximum Gasteiger partial charge on any atom is 0.317 e. The molecule has 1 fully saturated rings. The third-order valence-electron chi connectivity index (χ3n) is 4.88. The number of benzene rings is 1. The highest BCUT2D eigenvalue weighted by molar-refractivity contribution is 5.76. The summed E-state index contributed by atoms with van der Waals surface area (Å²) >= 11 is 0. The van der Waals surface area contributed by atoms with Gasteiger partial charge in [-0.1, -0.05) is 19.1 Å². The standard InChI is InChI=1S/C19H28N2O4/c1-4-21(12-19(23)24)16-10-15(11-16)20-18(22)8-9-25-17-7-5-6-13(2)14(17)3/h5-7,15-16H,4,8-12H2,1-3H3,(H,20,22)(H,23,24). The van der Waals surface area contributed by atoms with Gasteiger partial charge in [-0.3, -0.25) is 14.5 Å². The number of ether oxygens (including phenoxy) is 1. The molecule has 0 spiro atoms. The molecule has 2 N–H and O–H groups in total. The third-order valence-corrected chi connectivity index (χ3v) is 4.88. The molecule has 1 aromatic carbocycles. The van der Waals surface area contributed by atoms with Crippen molar-refractivity contribution in [2.45, 2.75) is 52.1 Å². The second-order valence-electron chi connectivity index (χ2n) is 6.64. The summed E-state index contributed by atoms with van der Waals surface area (Å²) in [5.41, 5.74) is 2.27. The molecular weight excluding hydrogens is 320 g/mol. The van der Waals surface area contributed by atoms with Crippen LogP contribution in [-0.2, 0) is 9.59 Å². The number of carbonyl (C=O) groups is 2. The quantitative estimate of drug-likeness (QED) is 0.715. The molecule has 0 aromatic heterocycles. The number of amides is 1. The largest absolute Gasteiger partial charge is 0.493 e. The van der Waals surface area contributed by atoms with Crippen molar-refractivity contribution < 1.29 is 19.4 Å². The summed E-state index contributed by atoms with van der Waals surface area (Å²) in [6.45, 7) is 7.13. The van der Waals surface area contributed by atoms with Crippen LogP contribution in [0.5, 0.6) is 5.75 Å².